The summed E-state index contributed by atoms with van der Waals surface area (Å²) >= 11 is 5.95. The number of amides is 1. The molecule has 0 bridgehead atoms. The molecule has 0 aliphatic heterocycles. The second-order valence-corrected chi connectivity index (χ2v) is 4.09. The maximum Gasteiger partial charge on any atom is 0.483 e. The summed E-state index contributed by atoms with van der Waals surface area (Å²) in [6, 6.07) is 9.26. The van der Waals surface area contributed by atoms with Crippen LogP contribution in [0.1, 0.15) is 0 Å². The smallest absolute Gasteiger partial charge is 0.425 e. The van der Waals surface area contributed by atoms with Gasteiger partial charge < -0.3 is 4.74 Å². The molecule has 0 saturated heterocycles. The Balaban J connectivity index is 2.47. The van der Waals surface area contributed by atoms with E-state index in [0.29, 0.717) is 15.8 Å². The fourth-order valence-corrected chi connectivity index (χ4v) is 1.82. The van der Waals surface area contributed by atoms with E-state index in [1.165, 1.54) is 17.6 Å². The first-order chi connectivity index (χ1) is 8.95. The van der Waals surface area contributed by atoms with E-state index in [0.717, 1.165) is 0 Å². The van der Waals surface area contributed by atoms with Gasteiger partial charge in [-0.05, 0) is 12.1 Å². The van der Waals surface area contributed by atoms with Crippen molar-refractivity contribution in [1.82, 2.24) is 5.43 Å². The van der Waals surface area contributed by atoms with Crippen LogP contribution in [-0.2, 0) is 4.79 Å². The minimum absolute atomic E-state index is 0.159. The van der Waals surface area contributed by atoms with Gasteiger partial charge >= 0.3 is 12.0 Å². The van der Waals surface area contributed by atoms with Crippen molar-refractivity contribution in [1.29, 1.82) is 0 Å². The number of ether oxygens (including phenoxy) is 1. The van der Waals surface area contributed by atoms with Crippen molar-refractivity contribution >= 4 is 28.3 Å². The SMILES string of the molecule is NNC(=O)C(F)(F)Oc1ccc(Cl)c2ccccc12. The lowest BCUT2D eigenvalue weighted by Gasteiger charge is -2.17. The minimum atomic E-state index is -4.06. The highest BCUT2D eigenvalue weighted by Gasteiger charge is 2.42. The van der Waals surface area contributed by atoms with E-state index >= 15 is 0 Å². The number of halogens is 3. The zero-order chi connectivity index (χ0) is 14.0. The highest BCUT2D eigenvalue weighted by Crippen LogP contribution is 2.33. The van der Waals surface area contributed by atoms with Crippen LogP contribution in [0.3, 0.4) is 0 Å². The quantitative estimate of drug-likeness (QED) is 0.517. The molecule has 0 fully saturated rings. The van der Waals surface area contributed by atoms with Gasteiger partial charge in [0.1, 0.15) is 5.75 Å². The molecule has 2 aromatic carbocycles. The predicted molar refractivity (Wildman–Crippen MR) is 66.9 cm³/mol. The third-order valence-electron chi connectivity index (χ3n) is 2.46. The molecule has 19 heavy (non-hydrogen) atoms. The van der Waals surface area contributed by atoms with Gasteiger partial charge in [0, 0.05) is 15.8 Å². The summed E-state index contributed by atoms with van der Waals surface area (Å²) in [5.74, 6) is 2.78. The van der Waals surface area contributed by atoms with Crippen LogP contribution >= 0.6 is 11.6 Å². The molecule has 0 radical (unpaired) electrons. The average Bonchev–Trinajstić information content (AvgIpc) is 2.41. The van der Waals surface area contributed by atoms with E-state index < -0.39 is 12.0 Å². The van der Waals surface area contributed by atoms with Gasteiger partial charge in [0.05, 0.1) is 0 Å². The molecule has 0 aliphatic rings. The summed E-state index contributed by atoms with van der Waals surface area (Å²) in [6.45, 7) is 0. The molecule has 0 heterocycles. The third kappa shape index (κ3) is 2.59. The van der Waals surface area contributed by atoms with Gasteiger partial charge in [-0.2, -0.15) is 8.78 Å². The zero-order valence-corrected chi connectivity index (χ0v) is 10.2. The zero-order valence-electron chi connectivity index (χ0n) is 9.49. The molecule has 3 N–H and O–H groups in total. The molecule has 2 rings (SSSR count). The lowest BCUT2D eigenvalue weighted by molar-refractivity contribution is -0.192. The number of benzene rings is 2. The third-order valence-corrected chi connectivity index (χ3v) is 2.79. The van der Waals surface area contributed by atoms with Crippen LogP contribution in [0, 0.1) is 0 Å². The maximum absolute atomic E-state index is 13.4. The van der Waals surface area contributed by atoms with E-state index in [9.17, 15) is 13.6 Å². The highest BCUT2D eigenvalue weighted by atomic mass is 35.5. The highest BCUT2D eigenvalue weighted by molar-refractivity contribution is 6.35. The molecule has 0 spiro atoms. The van der Waals surface area contributed by atoms with Crippen LogP contribution in [-0.4, -0.2) is 12.0 Å². The molecular formula is C12H9ClF2N2O2. The van der Waals surface area contributed by atoms with Crippen LogP contribution < -0.4 is 16.0 Å². The average molecular weight is 287 g/mol. The van der Waals surface area contributed by atoms with Crippen molar-refractivity contribution in [2.24, 2.45) is 5.84 Å². The Kier molecular flexibility index (Phi) is 3.55. The maximum atomic E-state index is 13.4. The van der Waals surface area contributed by atoms with Crippen LogP contribution in [0.5, 0.6) is 5.75 Å². The number of nitrogens with one attached hydrogen (secondary N) is 1. The summed E-state index contributed by atoms with van der Waals surface area (Å²) in [4.78, 5) is 10.9. The van der Waals surface area contributed by atoms with Gasteiger partial charge in [0.15, 0.2) is 0 Å². The van der Waals surface area contributed by atoms with Crippen molar-refractivity contribution < 1.29 is 18.3 Å². The van der Waals surface area contributed by atoms with Crippen molar-refractivity contribution in [3.63, 3.8) is 0 Å². The fourth-order valence-electron chi connectivity index (χ4n) is 1.59. The first-order valence-corrected chi connectivity index (χ1v) is 5.58. The monoisotopic (exact) mass is 286 g/mol. The first kappa shape index (κ1) is 13.5. The molecular weight excluding hydrogens is 278 g/mol. The number of carbonyl (C=O) groups excluding carboxylic acids is 1. The van der Waals surface area contributed by atoms with Crippen LogP contribution in [0.25, 0.3) is 10.8 Å². The number of nitrogens with two attached hydrogens (primary N) is 1. The van der Waals surface area contributed by atoms with Crippen molar-refractivity contribution in [3.05, 3.63) is 41.4 Å². The molecule has 0 saturated carbocycles. The molecule has 0 aromatic heterocycles. The van der Waals surface area contributed by atoms with Crippen LogP contribution in [0.4, 0.5) is 8.78 Å². The van der Waals surface area contributed by atoms with E-state index in [1.807, 2.05) is 0 Å². The number of hydrogen-bond donors (Lipinski definition) is 2. The largest absolute Gasteiger partial charge is 0.483 e. The molecule has 7 heteroatoms. The summed E-state index contributed by atoms with van der Waals surface area (Å²) in [7, 11) is 0. The van der Waals surface area contributed by atoms with Crippen molar-refractivity contribution in [2.45, 2.75) is 6.11 Å². The molecule has 4 nitrogen and oxygen atoms in total. The molecule has 0 aliphatic carbocycles. The molecule has 0 unspecified atom stereocenters. The van der Waals surface area contributed by atoms with Gasteiger partial charge in [0.25, 0.3) is 0 Å². The van der Waals surface area contributed by atoms with Crippen molar-refractivity contribution in [2.75, 3.05) is 0 Å². The molecule has 2 aromatic rings. The van der Waals surface area contributed by atoms with Gasteiger partial charge in [0.2, 0.25) is 0 Å². The summed E-state index contributed by atoms with van der Waals surface area (Å²) < 4.78 is 31.2. The van der Waals surface area contributed by atoms with Gasteiger partial charge in [-0.25, -0.2) is 5.84 Å². The lowest BCUT2D eigenvalue weighted by atomic mass is 10.1. The molecule has 1 amide bonds. The number of hydrogen-bond acceptors (Lipinski definition) is 3. The lowest BCUT2D eigenvalue weighted by Crippen LogP contribution is -2.47. The second kappa shape index (κ2) is 4.99. The standard InChI is InChI=1S/C12H9ClF2N2O2/c13-9-5-6-10(8-4-2-1-3-7(8)9)19-12(14,15)11(18)17-16/h1-6H,16H2,(H,17,18). The Morgan fingerprint density at radius 2 is 1.84 bits per heavy atom. The van der Waals surface area contributed by atoms with Crippen molar-refractivity contribution in [3.8, 4) is 5.75 Å². The first-order valence-electron chi connectivity index (χ1n) is 5.21. The topological polar surface area (TPSA) is 64.3 Å². The van der Waals surface area contributed by atoms with E-state index in [4.69, 9.17) is 11.6 Å². The van der Waals surface area contributed by atoms with Gasteiger partial charge in [-0.3, -0.25) is 10.2 Å². The second-order valence-electron chi connectivity index (χ2n) is 3.68. The van der Waals surface area contributed by atoms with Gasteiger partial charge in [-0.15, -0.1) is 0 Å². The normalized spacial score (nSPS) is 11.4. The number of fused-ring (bicyclic) bond motifs is 1. The Morgan fingerprint density at radius 3 is 2.47 bits per heavy atom. The number of alkyl halides is 2. The Morgan fingerprint density at radius 1 is 1.21 bits per heavy atom. The Hall–Kier alpha value is -1.92. The summed E-state index contributed by atoms with van der Waals surface area (Å²) in [6.07, 6.45) is -4.06. The summed E-state index contributed by atoms with van der Waals surface area (Å²) in [5, 5.41) is 1.32. The predicted octanol–water partition coefficient (Wildman–Crippen LogP) is 2.45. The molecule has 100 valence electrons. The number of rotatable bonds is 3. The van der Waals surface area contributed by atoms with Crippen LogP contribution in [0.15, 0.2) is 36.4 Å². The Bertz CT molecular complexity index is 634. The molecule has 0 atom stereocenters. The van der Waals surface area contributed by atoms with Gasteiger partial charge in [-0.1, -0.05) is 35.9 Å². The van der Waals surface area contributed by atoms with E-state index in [2.05, 4.69) is 10.6 Å². The minimum Gasteiger partial charge on any atom is -0.425 e. The van der Waals surface area contributed by atoms with E-state index in [1.54, 1.807) is 24.3 Å². The number of hydrazine groups is 1. The fraction of sp³-hybridized carbons (Fsp3) is 0.0833. The van der Waals surface area contributed by atoms with Crippen LogP contribution in [0.2, 0.25) is 5.02 Å². The number of carbonyl (C=O) groups is 1. The van der Waals surface area contributed by atoms with E-state index in [-0.39, 0.29) is 5.75 Å². The summed E-state index contributed by atoms with van der Waals surface area (Å²) in [5.41, 5.74) is 1.34. The Labute approximate surface area is 112 Å².